The number of rotatable bonds is 6. The number of nitro benzene ring substituents is 1. The van der Waals surface area contributed by atoms with Gasteiger partial charge < -0.3 is 10.1 Å². The first-order chi connectivity index (χ1) is 15.4. The van der Waals surface area contributed by atoms with Gasteiger partial charge >= 0.3 is 5.97 Å². The predicted octanol–water partition coefficient (Wildman–Crippen LogP) is 3.75. The number of hydrogen-bond acceptors (Lipinski definition) is 7. The number of anilines is 1. The average molecular weight is 452 g/mol. The van der Waals surface area contributed by atoms with Crippen molar-refractivity contribution < 1.29 is 19.2 Å². The van der Waals surface area contributed by atoms with Gasteiger partial charge in [-0.3, -0.25) is 14.9 Å². The molecule has 0 spiro atoms. The molecule has 1 N–H and O–H groups in total. The Balaban J connectivity index is 1.48. The van der Waals surface area contributed by atoms with E-state index in [1.54, 1.807) is 12.3 Å². The molecule has 0 saturated heterocycles. The number of carbonyl (C=O) groups is 2. The van der Waals surface area contributed by atoms with Gasteiger partial charge in [0.1, 0.15) is 5.56 Å². The van der Waals surface area contributed by atoms with E-state index in [4.69, 9.17) is 16.3 Å². The molecular formula is C21H14ClN5O5. The van der Waals surface area contributed by atoms with Crippen molar-refractivity contribution in [3.05, 3.63) is 87.7 Å². The van der Waals surface area contributed by atoms with Crippen LogP contribution in [0.1, 0.15) is 10.4 Å². The lowest BCUT2D eigenvalue weighted by molar-refractivity contribution is -0.384. The predicted molar refractivity (Wildman–Crippen MR) is 115 cm³/mol. The summed E-state index contributed by atoms with van der Waals surface area (Å²) in [6.07, 6.45) is 2.86. The number of fused-ring (bicyclic) bond motifs is 1. The normalized spacial score (nSPS) is 10.7. The van der Waals surface area contributed by atoms with E-state index in [2.05, 4.69) is 15.4 Å². The molecule has 4 aromatic rings. The zero-order chi connectivity index (χ0) is 22.7. The highest BCUT2D eigenvalue weighted by Crippen LogP contribution is 2.26. The van der Waals surface area contributed by atoms with Gasteiger partial charge in [0.15, 0.2) is 12.3 Å². The van der Waals surface area contributed by atoms with Gasteiger partial charge in [-0.15, -0.1) is 0 Å². The standard InChI is InChI=1S/C21H14ClN5O5/c22-16-7-6-14(27(30)31)10-17(16)25-19(28)12-32-21(29)15-11-24-26-18(8-9-23-20(15)26)13-4-2-1-3-5-13/h1-11H,12H2,(H,25,28). The summed E-state index contributed by atoms with van der Waals surface area (Å²) in [5, 5.41) is 17.6. The summed E-state index contributed by atoms with van der Waals surface area (Å²) in [4.78, 5) is 39.2. The van der Waals surface area contributed by atoms with E-state index in [9.17, 15) is 19.7 Å². The Morgan fingerprint density at radius 2 is 1.94 bits per heavy atom. The van der Waals surface area contributed by atoms with E-state index in [-0.39, 0.29) is 27.6 Å². The monoisotopic (exact) mass is 451 g/mol. The second-order valence-electron chi connectivity index (χ2n) is 6.54. The summed E-state index contributed by atoms with van der Waals surface area (Å²) in [6, 6.07) is 14.8. The highest BCUT2D eigenvalue weighted by atomic mass is 35.5. The number of nitrogens with zero attached hydrogens (tertiary/aromatic N) is 4. The first-order valence-corrected chi connectivity index (χ1v) is 9.61. The van der Waals surface area contributed by atoms with Crippen molar-refractivity contribution in [3.8, 4) is 11.3 Å². The third-order valence-electron chi connectivity index (χ3n) is 4.46. The van der Waals surface area contributed by atoms with E-state index in [0.717, 1.165) is 17.3 Å². The van der Waals surface area contributed by atoms with Crippen LogP contribution in [-0.4, -0.2) is 38.0 Å². The molecule has 4 rings (SSSR count). The maximum atomic E-state index is 12.5. The molecule has 2 aromatic carbocycles. The van der Waals surface area contributed by atoms with Gasteiger partial charge in [0.05, 0.1) is 27.5 Å². The fraction of sp³-hybridized carbons (Fsp3) is 0.0476. The van der Waals surface area contributed by atoms with Gasteiger partial charge in [0.25, 0.3) is 11.6 Å². The number of ether oxygens (including phenoxy) is 1. The van der Waals surface area contributed by atoms with Crippen molar-refractivity contribution in [2.75, 3.05) is 11.9 Å². The molecule has 2 heterocycles. The van der Waals surface area contributed by atoms with Crippen molar-refractivity contribution in [2.45, 2.75) is 0 Å². The highest BCUT2D eigenvalue weighted by Gasteiger charge is 2.19. The molecular weight excluding hydrogens is 438 g/mol. The Labute approximate surface area is 185 Å². The van der Waals surface area contributed by atoms with Crippen LogP contribution >= 0.6 is 11.6 Å². The second-order valence-corrected chi connectivity index (χ2v) is 6.94. The highest BCUT2D eigenvalue weighted by molar-refractivity contribution is 6.33. The van der Waals surface area contributed by atoms with E-state index in [0.29, 0.717) is 0 Å². The van der Waals surface area contributed by atoms with Crippen LogP contribution in [0, 0.1) is 10.1 Å². The number of esters is 1. The quantitative estimate of drug-likeness (QED) is 0.268. The largest absolute Gasteiger partial charge is 0.452 e. The van der Waals surface area contributed by atoms with E-state index >= 15 is 0 Å². The number of carbonyl (C=O) groups excluding carboxylic acids is 2. The summed E-state index contributed by atoms with van der Waals surface area (Å²) in [5.41, 5.74) is 1.77. The Kier molecular flexibility index (Phi) is 5.77. The van der Waals surface area contributed by atoms with Gasteiger partial charge in [0.2, 0.25) is 0 Å². The molecule has 2 aromatic heterocycles. The lowest BCUT2D eigenvalue weighted by Gasteiger charge is -2.08. The molecule has 0 saturated carbocycles. The maximum Gasteiger partial charge on any atom is 0.344 e. The first-order valence-electron chi connectivity index (χ1n) is 9.23. The SMILES string of the molecule is O=C(COC(=O)c1cnn2c(-c3ccccc3)ccnc12)Nc1cc([N+](=O)[O-])ccc1Cl. The van der Waals surface area contributed by atoms with Crippen LogP contribution in [0.15, 0.2) is 67.0 Å². The molecule has 1 amide bonds. The molecule has 10 nitrogen and oxygen atoms in total. The van der Waals surface area contributed by atoms with Crippen LogP contribution < -0.4 is 5.32 Å². The van der Waals surface area contributed by atoms with Crippen molar-refractivity contribution >= 4 is 40.5 Å². The third-order valence-corrected chi connectivity index (χ3v) is 4.79. The molecule has 11 heteroatoms. The Hall–Kier alpha value is -4.31. The number of non-ortho nitro benzene ring substituents is 1. The van der Waals surface area contributed by atoms with Gasteiger partial charge in [-0.1, -0.05) is 41.9 Å². The number of benzene rings is 2. The zero-order valence-electron chi connectivity index (χ0n) is 16.3. The van der Waals surface area contributed by atoms with Gasteiger partial charge in [-0.2, -0.15) is 5.10 Å². The molecule has 0 aliphatic heterocycles. The lowest BCUT2D eigenvalue weighted by atomic mass is 10.1. The number of nitrogens with one attached hydrogen (secondary N) is 1. The Morgan fingerprint density at radius 1 is 1.16 bits per heavy atom. The van der Waals surface area contributed by atoms with Gasteiger partial charge in [-0.05, 0) is 12.1 Å². The smallest absolute Gasteiger partial charge is 0.344 e. The number of hydrogen-bond donors (Lipinski definition) is 1. The Morgan fingerprint density at radius 3 is 2.69 bits per heavy atom. The molecule has 0 aliphatic carbocycles. The lowest BCUT2D eigenvalue weighted by Crippen LogP contribution is -2.21. The third kappa shape index (κ3) is 4.25. The molecule has 160 valence electrons. The van der Waals surface area contributed by atoms with Crippen LogP contribution in [-0.2, 0) is 9.53 Å². The average Bonchev–Trinajstić information content (AvgIpc) is 3.24. The summed E-state index contributed by atoms with van der Waals surface area (Å²) in [5.74, 6) is -1.51. The summed E-state index contributed by atoms with van der Waals surface area (Å²) in [6.45, 7) is -0.631. The summed E-state index contributed by atoms with van der Waals surface area (Å²) >= 11 is 5.96. The van der Waals surface area contributed by atoms with E-state index in [1.165, 1.54) is 22.8 Å². The first kappa shape index (κ1) is 20.9. The summed E-state index contributed by atoms with van der Waals surface area (Å²) in [7, 11) is 0. The number of amides is 1. The van der Waals surface area contributed by atoms with Gasteiger partial charge in [0, 0.05) is 23.9 Å². The van der Waals surface area contributed by atoms with Crippen molar-refractivity contribution in [2.24, 2.45) is 0 Å². The molecule has 0 fully saturated rings. The molecule has 0 radical (unpaired) electrons. The van der Waals surface area contributed by atoms with E-state index in [1.807, 2.05) is 30.3 Å². The molecule has 0 bridgehead atoms. The second kappa shape index (κ2) is 8.82. The Bertz CT molecular complexity index is 1340. The fourth-order valence-corrected chi connectivity index (χ4v) is 3.15. The number of aromatic nitrogens is 3. The van der Waals surface area contributed by atoms with Crippen LogP contribution in [0.5, 0.6) is 0 Å². The minimum atomic E-state index is -0.794. The van der Waals surface area contributed by atoms with Crippen LogP contribution in [0.2, 0.25) is 5.02 Å². The van der Waals surface area contributed by atoms with E-state index < -0.39 is 23.4 Å². The van der Waals surface area contributed by atoms with Crippen molar-refractivity contribution in [1.29, 1.82) is 0 Å². The fourth-order valence-electron chi connectivity index (χ4n) is 2.98. The summed E-state index contributed by atoms with van der Waals surface area (Å²) < 4.78 is 6.58. The number of nitro groups is 1. The zero-order valence-corrected chi connectivity index (χ0v) is 17.0. The van der Waals surface area contributed by atoms with Crippen molar-refractivity contribution in [1.82, 2.24) is 14.6 Å². The maximum absolute atomic E-state index is 12.5. The van der Waals surface area contributed by atoms with Crippen LogP contribution in [0.4, 0.5) is 11.4 Å². The molecule has 0 aliphatic rings. The topological polar surface area (TPSA) is 129 Å². The number of halogens is 1. The van der Waals surface area contributed by atoms with Crippen LogP contribution in [0.3, 0.4) is 0 Å². The molecule has 32 heavy (non-hydrogen) atoms. The minimum Gasteiger partial charge on any atom is -0.452 e. The van der Waals surface area contributed by atoms with Crippen molar-refractivity contribution in [3.63, 3.8) is 0 Å². The minimum absolute atomic E-state index is 0.0343. The molecule has 0 unspecified atom stereocenters. The van der Waals surface area contributed by atoms with Crippen LogP contribution in [0.25, 0.3) is 16.9 Å². The van der Waals surface area contributed by atoms with Gasteiger partial charge in [-0.25, -0.2) is 14.3 Å². The molecule has 0 atom stereocenters.